The molecule has 3 aromatic rings. The Labute approximate surface area is 176 Å². The van der Waals surface area contributed by atoms with Crippen LogP contribution in [0.15, 0.2) is 29.5 Å². The van der Waals surface area contributed by atoms with Crippen molar-refractivity contribution in [3.8, 4) is 11.9 Å². The lowest BCUT2D eigenvalue weighted by Gasteiger charge is -2.31. The van der Waals surface area contributed by atoms with Gasteiger partial charge in [0, 0.05) is 12.1 Å². The van der Waals surface area contributed by atoms with Crippen LogP contribution in [-0.4, -0.2) is 30.3 Å². The molecule has 1 fully saturated rings. The molecule has 0 amide bonds. The van der Waals surface area contributed by atoms with Crippen LogP contribution in [0.3, 0.4) is 0 Å². The normalized spacial score (nSPS) is 19.8. The summed E-state index contributed by atoms with van der Waals surface area (Å²) in [5.41, 5.74) is -2.20. The highest BCUT2D eigenvalue weighted by molar-refractivity contribution is 5.70. The molecular formula is C19H14F6N6O. The third kappa shape index (κ3) is 3.80. The third-order valence-electron chi connectivity index (χ3n) is 5.48. The minimum absolute atomic E-state index is 0.0749. The number of fused-ring (bicyclic) bond motifs is 1. The smallest absolute Gasteiger partial charge is 0.266 e. The van der Waals surface area contributed by atoms with Gasteiger partial charge in [0.05, 0.1) is 11.5 Å². The SMILES string of the molecule is N#Cc1ccc(-n2c([C@@H]3CCC[C@@H](C(F)(F)F)C3)nc3c(ncn3C(F)(F)F)c2=O)nc1. The summed E-state index contributed by atoms with van der Waals surface area (Å²) in [7, 11) is 0. The number of aromatic nitrogens is 5. The van der Waals surface area contributed by atoms with E-state index in [2.05, 4.69) is 15.0 Å². The molecule has 0 aromatic carbocycles. The first-order valence-corrected chi connectivity index (χ1v) is 9.51. The first-order valence-electron chi connectivity index (χ1n) is 9.51. The van der Waals surface area contributed by atoms with Crippen molar-refractivity contribution in [2.24, 2.45) is 5.92 Å². The molecule has 3 aromatic heterocycles. The van der Waals surface area contributed by atoms with Gasteiger partial charge in [-0.25, -0.2) is 24.1 Å². The zero-order chi connectivity index (χ0) is 23.3. The predicted octanol–water partition coefficient (Wildman–Crippen LogP) is 4.16. The minimum atomic E-state index is -4.93. The van der Waals surface area contributed by atoms with Crippen LogP contribution in [0, 0.1) is 17.2 Å². The van der Waals surface area contributed by atoms with Crippen LogP contribution in [0.2, 0.25) is 0 Å². The lowest BCUT2D eigenvalue weighted by Crippen LogP contribution is -2.32. The number of imidazole rings is 1. The average Bonchev–Trinajstić information content (AvgIpc) is 3.18. The van der Waals surface area contributed by atoms with Gasteiger partial charge in [0.25, 0.3) is 5.56 Å². The van der Waals surface area contributed by atoms with Gasteiger partial charge in [-0.1, -0.05) is 6.42 Å². The molecule has 4 rings (SSSR count). The van der Waals surface area contributed by atoms with Crippen LogP contribution in [0.25, 0.3) is 17.0 Å². The fraction of sp³-hybridized carbons (Fsp3) is 0.421. The van der Waals surface area contributed by atoms with Gasteiger partial charge in [-0.15, -0.1) is 13.2 Å². The largest absolute Gasteiger partial charge is 0.491 e. The number of nitriles is 1. The quantitative estimate of drug-likeness (QED) is 0.541. The van der Waals surface area contributed by atoms with Gasteiger partial charge in [-0.05, 0) is 31.4 Å². The van der Waals surface area contributed by atoms with Crippen molar-refractivity contribution in [1.29, 1.82) is 5.26 Å². The summed E-state index contributed by atoms with van der Waals surface area (Å²) in [5.74, 6) is -2.92. The van der Waals surface area contributed by atoms with E-state index in [-0.39, 0.29) is 41.0 Å². The number of rotatable bonds is 2. The van der Waals surface area contributed by atoms with Gasteiger partial charge < -0.3 is 0 Å². The Kier molecular flexibility index (Phi) is 5.18. The first kappa shape index (κ1) is 21.8. The fourth-order valence-corrected chi connectivity index (χ4v) is 3.95. The molecule has 32 heavy (non-hydrogen) atoms. The van der Waals surface area contributed by atoms with E-state index >= 15 is 0 Å². The van der Waals surface area contributed by atoms with Crippen LogP contribution in [0.4, 0.5) is 26.3 Å². The van der Waals surface area contributed by atoms with E-state index in [0.717, 1.165) is 10.8 Å². The Morgan fingerprint density at radius 1 is 1.09 bits per heavy atom. The highest BCUT2D eigenvalue weighted by Gasteiger charge is 2.44. The predicted molar refractivity (Wildman–Crippen MR) is 97.7 cm³/mol. The number of hydrogen-bond acceptors (Lipinski definition) is 5. The van der Waals surface area contributed by atoms with Crippen molar-refractivity contribution < 1.29 is 26.3 Å². The third-order valence-corrected chi connectivity index (χ3v) is 5.48. The number of nitrogens with zero attached hydrogens (tertiary/aromatic N) is 6. The van der Waals surface area contributed by atoms with E-state index in [4.69, 9.17) is 5.26 Å². The lowest BCUT2D eigenvalue weighted by molar-refractivity contribution is -0.201. The number of alkyl halides is 6. The highest BCUT2D eigenvalue weighted by atomic mass is 19.4. The molecule has 0 aliphatic heterocycles. The molecule has 0 spiro atoms. The molecule has 13 heteroatoms. The van der Waals surface area contributed by atoms with E-state index in [1.807, 2.05) is 6.07 Å². The summed E-state index contributed by atoms with van der Waals surface area (Å²) in [6.07, 6.45) is -8.01. The molecule has 1 saturated carbocycles. The molecule has 0 saturated heterocycles. The minimum Gasteiger partial charge on any atom is -0.266 e. The number of hydrogen-bond donors (Lipinski definition) is 0. The molecule has 1 aliphatic carbocycles. The van der Waals surface area contributed by atoms with Crippen molar-refractivity contribution in [3.63, 3.8) is 0 Å². The standard InChI is InChI=1S/C19H14F6N6O/c20-18(21,22)12-3-1-2-11(6-12)15-29-16-14(28-9-30(16)19(23,24)25)17(32)31(15)13-5-4-10(7-26)8-27-13/h4-5,8-9,11-12H,1-3,6H2/t11-,12-/m1/s1. The zero-order valence-electron chi connectivity index (χ0n) is 16.2. The van der Waals surface area contributed by atoms with Crippen molar-refractivity contribution >= 4 is 11.2 Å². The summed E-state index contributed by atoms with van der Waals surface area (Å²) >= 11 is 0. The van der Waals surface area contributed by atoms with E-state index in [1.54, 1.807) is 0 Å². The van der Waals surface area contributed by atoms with Gasteiger partial charge in [0.1, 0.15) is 24.0 Å². The molecular weight excluding hydrogens is 442 g/mol. The van der Waals surface area contributed by atoms with Gasteiger partial charge in [0.2, 0.25) is 0 Å². The summed E-state index contributed by atoms with van der Waals surface area (Å²) in [5, 5.41) is 8.94. The summed E-state index contributed by atoms with van der Waals surface area (Å²) in [4.78, 5) is 24.6. The molecule has 0 unspecified atom stereocenters. The Morgan fingerprint density at radius 3 is 2.44 bits per heavy atom. The van der Waals surface area contributed by atoms with Crippen molar-refractivity contribution in [2.45, 2.75) is 44.1 Å². The number of halogens is 6. The fourth-order valence-electron chi connectivity index (χ4n) is 3.95. The Morgan fingerprint density at radius 2 is 1.84 bits per heavy atom. The summed E-state index contributed by atoms with van der Waals surface area (Å²) < 4.78 is 80.8. The summed E-state index contributed by atoms with van der Waals surface area (Å²) in [6.45, 7) is 0. The summed E-state index contributed by atoms with van der Waals surface area (Å²) in [6, 6.07) is 4.45. The molecule has 1 aliphatic rings. The van der Waals surface area contributed by atoms with Crippen molar-refractivity contribution in [1.82, 2.24) is 24.1 Å². The van der Waals surface area contributed by atoms with Gasteiger partial charge >= 0.3 is 12.5 Å². The maximum atomic E-state index is 13.4. The molecule has 0 N–H and O–H groups in total. The van der Waals surface area contributed by atoms with E-state index in [0.29, 0.717) is 6.33 Å². The van der Waals surface area contributed by atoms with Crippen LogP contribution >= 0.6 is 0 Å². The van der Waals surface area contributed by atoms with Crippen LogP contribution in [0.1, 0.15) is 43.0 Å². The maximum Gasteiger partial charge on any atom is 0.491 e. The monoisotopic (exact) mass is 456 g/mol. The van der Waals surface area contributed by atoms with E-state index in [1.165, 1.54) is 12.1 Å². The zero-order valence-corrected chi connectivity index (χ0v) is 16.2. The second kappa shape index (κ2) is 7.61. The Bertz CT molecular complexity index is 1250. The molecule has 168 valence electrons. The topological polar surface area (TPSA) is 89.4 Å². The average molecular weight is 456 g/mol. The Balaban J connectivity index is 1.95. The second-order valence-corrected chi connectivity index (χ2v) is 7.48. The van der Waals surface area contributed by atoms with Gasteiger partial charge in [-0.3, -0.25) is 4.79 Å². The molecule has 0 radical (unpaired) electrons. The van der Waals surface area contributed by atoms with Gasteiger partial charge in [-0.2, -0.15) is 18.4 Å². The second-order valence-electron chi connectivity index (χ2n) is 7.48. The molecule has 7 nitrogen and oxygen atoms in total. The van der Waals surface area contributed by atoms with Crippen LogP contribution in [0.5, 0.6) is 0 Å². The number of pyridine rings is 1. The molecule has 2 atom stereocenters. The first-order chi connectivity index (χ1) is 15.0. The van der Waals surface area contributed by atoms with Gasteiger partial charge in [0.15, 0.2) is 11.2 Å². The maximum absolute atomic E-state index is 13.4. The van der Waals surface area contributed by atoms with Crippen LogP contribution in [-0.2, 0) is 6.30 Å². The van der Waals surface area contributed by atoms with Crippen molar-refractivity contribution in [3.05, 3.63) is 46.4 Å². The van der Waals surface area contributed by atoms with Crippen molar-refractivity contribution in [2.75, 3.05) is 0 Å². The van der Waals surface area contributed by atoms with E-state index in [9.17, 15) is 31.1 Å². The highest BCUT2D eigenvalue weighted by Crippen LogP contribution is 2.43. The molecule has 0 bridgehead atoms. The molecule has 3 heterocycles. The Hall–Kier alpha value is -3.43. The van der Waals surface area contributed by atoms with E-state index < -0.39 is 47.5 Å². The van der Waals surface area contributed by atoms with Crippen LogP contribution < -0.4 is 5.56 Å². The lowest BCUT2D eigenvalue weighted by atomic mass is 9.80.